The minimum Gasteiger partial charge on any atom is -0.373 e. The van der Waals surface area contributed by atoms with Gasteiger partial charge >= 0.3 is 0 Å². The average molecular weight is 320 g/mol. The van der Waals surface area contributed by atoms with Crippen molar-refractivity contribution in [1.29, 1.82) is 0 Å². The van der Waals surface area contributed by atoms with Crippen LogP contribution in [-0.2, 0) is 14.8 Å². The van der Waals surface area contributed by atoms with E-state index in [2.05, 4.69) is 4.98 Å². The third-order valence-electron chi connectivity index (χ3n) is 3.94. The van der Waals surface area contributed by atoms with E-state index in [4.69, 9.17) is 4.74 Å². The molecule has 0 amide bonds. The van der Waals surface area contributed by atoms with E-state index < -0.39 is 10.0 Å². The lowest BCUT2D eigenvalue weighted by Gasteiger charge is -2.34. The molecule has 5 nitrogen and oxygen atoms in total. The maximum absolute atomic E-state index is 13.0. The molecular weight excluding hydrogens is 300 g/mol. The monoisotopic (exact) mass is 320 g/mol. The molecule has 0 N–H and O–H groups in total. The van der Waals surface area contributed by atoms with E-state index in [0.717, 1.165) is 11.1 Å². The summed E-state index contributed by atoms with van der Waals surface area (Å²) in [6, 6.07) is 7.08. The van der Waals surface area contributed by atoms with Crippen LogP contribution in [0.2, 0.25) is 0 Å². The minimum absolute atomic E-state index is 0.103. The Balaban J connectivity index is 2.12. The molecule has 2 aromatic rings. The number of morpholine rings is 1. The first-order chi connectivity index (χ1) is 10.4. The third kappa shape index (κ3) is 2.62. The van der Waals surface area contributed by atoms with Crippen molar-refractivity contribution in [2.24, 2.45) is 0 Å². The van der Waals surface area contributed by atoms with Crippen LogP contribution in [0.4, 0.5) is 0 Å². The van der Waals surface area contributed by atoms with Gasteiger partial charge in [-0.1, -0.05) is 6.07 Å². The van der Waals surface area contributed by atoms with Crippen LogP contribution in [0.25, 0.3) is 10.9 Å². The second-order valence-electron chi connectivity index (χ2n) is 5.86. The molecule has 0 radical (unpaired) electrons. The molecule has 22 heavy (non-hydrogen) atoms. The summed E-state index contributed by atoms with van der Waals surface area (Å²) in [6.07, 6.45) is 1.48. The normalized spacial score (nSPS) is 23.8. The van der Waals surface area contributed by atoms with Gasteiger partial charge in [0.05, 0.1) is 22.6 Å². The zero-order valence-electron chi connectivity index (χ0n) is 13.0. The highest BCUT2D eigenvalue weighted by atomic mass is 32.2. The number of hydrogen-bond donors (Lipinski definition) is 0. The number of fused-ring (bicyclic) bond motifs is 1. The summed E-state index contributed by atoms with van der Waals surface area (Å²) in [5.74, 6) is 0. The number of aryl methyl sites for hydroxylation is 1. The summed E-state index contributed by atoms with van der Waals surface area (Å²) < 4.78 is 33.2. The minimum atomic E-state index is -3.56. The lowest BCUT2D eigenvalue weighted by atomic mass is 10.1. The molecule has 0 bridgehead atoms. The first-order valence-electron chi connectivity index (χ1n) is 7.39. The van der Waals surface area contributed by atoms with E-state index in [0.29, 0.717) is 23.4 Å². The number of ether oxygens (including phenoxy) is 1. The van der Waals surface area contributed by atoms with Crippen molar-refractivity contribution in [1.82, 2.24) is 9.29 Å². The summed E-state index contributed by atoms with van der Waals surface area (Å²) >= 11 is 0. The number of hydrogen-bond acceptors (Lipinski definition) is 4. The maximum Gasteiger partial charge on any atom is 0.243 e. The molecule has 3 rings (SSSR count). The molecular formula is C16H20N2O3S. The van der Waals surface area contributed by atoms with Gasteiger partial charge < -0.3 is 4.74 Å². The van der Waals surface area contributed by atoms with E-state index in [9.17, 15) is 8.42 Å². The Kier molecular flexibility index (Phi) is 3.92. The first kappa shape index (κ1) is 15.4. The lowest BCUT2D eigenvalue weighted by molar-refractivity contribution is -0.0440. The van der Waals surface area contributed by atoms with Crippen LogP contribution in [-0.4, -0.2) is 43.0 Å². The Hall–Kier alpha value is -1.50. The second kappa shape index (κ2) is 5.61. The maximum atomic E-state index is 13.0. The van der Waals surface area contributed by atoms with Gasteiger partial charge in [0.15, 0.2) is 0 Å². The van der Waals surface area contributed by atoms with Crippen molar-refractivity contribution >= 4 is 20.9 Å². The number of rotatable bonds is 2. The third-order valence-corrected chi connectivity index (χ3v) is 5.83. The predicted molar refractivity (Wildman–Crippen MR) is 85.2 cm³/mol. The molecule has 1 fully saturated rings. The Labute approximate surface area is 131 Å². The quantitative estimate of drug-likeness (QED) is 0.852. The summed E-state index contributed by atoms with van der Waals surface area (Å²) in [4.78, 5) is 4.64. The summed E-state index contributed by atoms with van der Waals surface area (Å²) in [7, 11) is -3.56. The van der Waals surface area contributed by atoms with E-state index in [-0.39, 0.29) is 12.2 Å². The molecule has 1 aliphatic heterocycles. The van der Waals surface area contributed by atoms with Crippen molar-refractivity contribution in [3.63, 3.8) is 0 Å². The van der Waals surface area contributed by atoms with Gasteiger partial charge in [-0.3, -0.25) is 4.98 Å². The van der Waals surface area contributed by atoms with Crippen LogP contribution in [0.1, 0.15) is 19.4 Å². The highest BCUT2D eigenvalue weighted by molar-refractivity contribution is 7.89. The zero-order chi connectivity index (χ0) is 15.9. The molecule has 1 aromatic heterocycles. The van der Waals surface area contributed by atoms with Gasteiger partial charge in [-0.25, -0.2) is 8.42 Å². The standard InChI is InChI=1S/C16H20N2O3S/c1-11-6-7-15(14-5-4-8-17-16(11)14)22(19,20)18-9-12(2)21-13(3)10-18/h4-8,12-13H,9-10H2,1-3H3/t12-,13-/m0/s1. The van der Waals surface area contributed by atoms with Crippen LogP contribution in [0, 0.1) is 6.92 Å². The Morgan fingerprint density at radius 2 is 1.86 bits per heavy atom. The molecule has 2 atom stereocenters. The van der Waals surface area contributed by atoms with Gasteiger partial charge in [0.2, 0.25) is 10.0 Å². The van der Waals surface area contributed by atoms with Gasteiger partial charge in [0.25, 0.3) is 0 Å². The molecule has 118 valence electrons. The highest BCUT2D eigenvalue weighted by Crippen LogP contribution is 2.28. The van der Waals surface area contributed by atoms with Crippen LogP contribution in [0.15, 0.2) is 35.4 Å². The number of sulfonamides is 1. The zero-order valence-corrected chi connectivity index (χ0v) is 13.8. The SMILES string of the molecule is Cc1ccc(S(=O)(=O)N2C[C@H](C)O[C@@H](C)C2)c2cccnc12. The van der Waals surface area contributed by atoms with Gasteiger partial charge in [0.1, 0.15) is 0 Å². The Morgan fingerprint density at radius 3 is 2.55 bits per heavy atom. The lowest BCUT2D eigenvalue weighted by Crippen LogP contribution is -2.48. The molecule has 1 saturated heterocycles. The average Bonchev–Trinajstić information content (AvgIpc) is 2.46. The van der Waals surface area contributed by atoms with Gasteiger partial charge in [-0.2, -0.15) is 4.31 Å². The fourth-order valence-electron chi connectivity index (χ4n) is 2.98. The predicted octanol–water partition coefficient (Wildman–Crippen LogP) is 2.34. The van der Waals surface area contributed by atoms with E-state index in [1.807, 2.05) is 32.9 Å². The number of pyridine rings is 1. The number of nitrogens with zero attached hydrogens (tertiary/aromatic N) is 2. The Bertz CT molecular complexity index is 794. The molecule has 0 spiro atoms. The largest absolute Gasteiger partial charge is 0.373 e. The molecule has 1 aromatic carbocycles. The van der Waals surface area contributed by atoms with Crippen LogP contribution in [0.3, 0.4) is 0 Å². The summed E-state index contributed by atoms with van der Waals surface area (Å²) in [5, 5.41) is 0.675. The number of benzene rings is 1. The van der Waals surface area contributed by atoms with E-state index in [1.165, 1.54) is 4.31 Å². The smallest absolute Gasteiger partial charge is 0.243 e. The first-order valence-corrected chi connectivity index (χ1v) is 8.83. The van der Waals surface area contributed by atoms with Crippen LogP contribution >= 0.6 is 0 Å². The van der Waals surface area contributed by atoms with Crippen molar-refractivity contribution in [3.8, 4) is 0 Å². The summed E-state index contributed by atoms with van der Waals surface area (Å²) in [6.45, 7) is 6.48. The van der Waals surface area contributed by atoms with E-state index in [1.54, 1.807) is 18.3 Å². The fraction of sp³-hybridized carbons (Fsp3) is 0.438. The van der Waals surface area contributed by atoms with Gasteiger partial charge in [-0.15, -0.1) is 0 Å². The van der Waals surface area contributed by atoms with Gasteiger partial charge in [-0.05, 0) is 44.5 Å². The van der Waals surface area contributed by atoms with Crippen molar-refractivity contribution in [3.05, 3.63) is 36.0 Å². The van der Waals surface area contributed by atoms with Crippen molar-refractivity contribution in [2.75, 3.05) is 13.1 Å². The summed E-state index contributed by atoms with van der Waals surface area (Å²) in [5.41, 5.74) is 1.70. The van der Waals surface area contributed by atoms with Crippen molar-refractivity contribution in [2.45, 2.75) is 37.9 Å². The second-order valence-corrected chi connectivity index (χ2v) is 7.77. The molecule has 1 aliphatic rings. The van der Waals surface area contributed by atoms with Crippen molar-refractivity contribution < 1.29 is 13.2 Å². The van der Waals surface area contributed by atoms with Gasteiger partial charge in [0, 0.05) is 24.7 Å². The molecule has 2 heterocycles. The Morgan fingerprint density at radius 1 is 1.18 bits per heavy atom. The van der Waals surface area contributed by atoms with Crippen LogP contribution in [0.5, 0.6) is 0 Å². The fourth-order valence-corrected chi connectivity index (χ4v) is 4.75. The molecule has 6 heteroatoms. The molecule has 0 unspecified atom stereocenters. The topological polar surface area (TPSA) is 59.5 Å². The number of aromatic nitrogens is 1. The molecule has 0 aliphatic carbocycles. The van der Waals surface area contributed by atoms with Crippen LogP contribution < -0.4 is 0 Å². The molecule has 0 saturated carbocycles. The highest BCUT2D eigenvalue weighted by Gasteiger charge is 2.33. The van der Waals surface area contributed by atoms with E-state index >= 15 is 0 Å².